The lowest BCUT2D eigenvalue weighted by Gasteiger charge is -2.11. The van der Waals surface area contributed by atoms with E-state index in [2.05, 4.69) is 34.1 Å². The summed E-state index contributed by atoms with van der Waals surface area (Å²) in [5.41, 5.74) is 4.91. The summed E-state index contributed by atoms with van der Waals surface area (Å²) in [5.74, 6) is -0.434. The van der Waals surface area contributed by atoms with E-state index in [1.54, 1.807) is 6.07 Å². The summed E-state index contributed by atoms with van der Waals surface area (Å²) in [6, 6.07) is 26.0. The van der Waals surface area contributed by atoms with Crippen molar-refractivity contribution in [2.75, 3.05) is 13.2 Å². The largest absolute Gasteiger partial charge is 0.482 e. The number of para-hydroxylation sites is 1. The fourth-order valence-electron chi connectivity index (χ4n) is 3.73. The zero-order valence-corrected chi connectivity index (χ0v) is 18.5. The number of fused-ring (bicyclic) bond motifs is 1. The van der Waals surface area contributed by atoms with E-state index >= 15 is 0 Å². The number of hydrogen-bond acceptors (Lipinski definition) is 4. The van der Waals surface area contributed by atoms with Gasteiger partial charge in [-0.2, -0.15) is 0 Å². The van der Waals surface area contributed by atoms with Gasteiger partial charge < -0.3 is 19.2 Å². The van der Waals surface area contributed by atoms with E-state index in [0.29, 0.717) is 25.3 Å². The van der Waals surface area contributed by atoms with Gasteiger partial charge in [0.15, 0.2) is 6.61 Å². The van der Waals surface area contributed by atoms with E-state index < -0.39 is 5.97 Å². The van der Waals surface area contributed by atoms with Crippen LogP contribution in [0.4, 0.5) is 0 Å². The SMILES string of the molecule is Cc1cc(CC(=NOCCn2ccc3ccccc32)c2ccccc2)ccc1OCC(=O)O. The third kappa shape index (κ3) is 5.80. The molecule has 0 fully saturated rings. The molecule has 1 heterocycles. The van der Waals surface area contributed by atoms with Gasteiger partial charge in [-0.1, -0.05) is 65.8 Å². The molecule has 168 valence electrons. The average Bonchev–Trinajstić information content (AvgIpc) is 3.24. The maximum Gasteiger partial charge on any atom is 0.341 e. The van der Waals surface area contributed by atoms with Gasteiger partial charge in [-0.3, -0.25) is 0 Å². The highest BCUT2D eigenvalue weighted by atomic mass is 16.6. The second-order valence-electron chi connectivity index (χ2n) is 7.76. The summed E-state index contributed by atoms with van der Waals surface area (Å²) < 4.78 is 7.49. The molecule has 0 saturated heterocycles. The molecule has 4 rings (SSSR count). The van der Waals surface area contributed by atoms with Crippen molar-refractivity contribution in [1.29, 1.82) is 0 Å². The van der Waals surface area contributed by atoms with Crippen molar-refractivity contribution >= 4 is 22.6 Å². The van der Waals surface area contributed by atoms with Crippen molar-refractivity contribution in [3.05, 3.63) is 102 Å². The molecule has 0 spiro atoms. The summed E-state index contributed by atoms with van der Waals surface area (Å²) in [6.07, 6.45) is 2.64. The van der Waals surface area contributed by atoms with Gasteiger partial charge in [0.1, 0.15) is 12.4 Å². The first-order valence-corrected chi connectivity index (χ1v) is 10.8. The molecule has 0 aliphatic heterocycles. The fourth-order valence-corrected chi connectivity index (χ4v) is 3.73. The molecule has 6 nitrogen and oxygen atoms in total. The molecule has 0 aliphatic carbocycles. The van der Waals surface area contributed by atoms with Crippen LogP contribution in [0.1, 0.15) is 16.7 Å². The Morgan fingerprint density at radius 3 is 2.58 bits per heavy atom. The third-order valence-electron chi connectivity index (χ3n) is 5.35. The Labute approximate surface area is 192 Å². The monoisotopic (exact) mass is 442 g/mol. The van der Waals surface area contributed by atoms with Crippen molar-refractivity contribution in [3.63, 3.8) is 0 Å². The highest BCUT2D eigenvalue weighted by molar-refractivity contribution is 6.01. The van der Waals surface area contributed by atoms with Crippen LogP contribution in [0.15, 0.2) is 90.2 Å². The number of oxime groups is 1. The highest BCUT2D eigenvalue weighted by Crippen LogP contribution is 2.21. The van der Waals surface area contributed by atoms with Crippen LogP contribution in [0, 0.1) is 6.92 Å². The van der Waals surface area contributed by atoms with Gasteiger partial charge in [-0.25, -0.2) is 4.79 Å². The lowest BCUT2D eigenvalue weighted by Crippen LogP contribution is -2.11. The number of aliphatic carboxylic acids is 1. The molecule has 6 heteroatoms. The van der Waals surface area contributed by atoms with Gasteiger partial charge in [0.25, 0.3) is 0 Å². The minimum absolute atomic E-state index is 0.360. The average molecular weight is 443 g/mol. The van der Waals surface area contributed by atoms with Crippen LogP contribution in [-0.2, 0) is 22.6 Å². The standard InChI is InChI=1S/C27H26N2O4/c1-20-17-21(11-12-26(20)32-19-27(30)31)18-24(22-7-3-2-4-8-22)28-33-16-15-29-14-13-23-9-5-6-10-25(23)29/h2-14,17H,15-16,18-19H2,1H3,(H,30,31). The lowest BCUT2D eigenvalue weighted by atomic mass is 10.0. The molecule has 0 radical (unpaired) electrons. The van der Waals surface area contributed by atoms with Gasteiger partial charge in [-0.15, -0.1) is 0 Å². The van der Waals surface area contributed by atoms with Gasteiger partial charge in [0, 0.05) is 18.1 Å². The molecule has 1 N–H and O–H groups in total. The molecular weight excluding hydrogens is 416 g/mol. The molecule has 4 aromatic rings. The first-order chi connectivity index (χ1) is 16.1. The maximum absolute atomic E-state index is 10.8. The van der Waals surface area contributed by atoms with Crippen molar-refractivity contribution in [1.82, 2.24) is 4.57 Å². The third-order valence-corrected chi connectivity index (χ3v) is 5.35. The van der Waals surface area contributed by atoms with Gasteiger partial charge in [-0.05, 0) is 47.2 Å². The van der Waals surface area contributed by atoms with Crippen molar-refractivity contribution in [2.45, 2.75) is 19.9 Å². The summed E-state index contributed by atoms with van der Waals surface area (Å²) in [7, 11) is 0. The number of carbonyl (C=O) groups is 1. The summed E-state index contributed by atoms with van der Waals surface area (Å²) in [6.45, 7) is 2.70. The first kappa shape index (κ1) is 22.1. The van der Waals surface area contributed by atoms with Crippen LogP contribution < -0.4 is 4.74 Å². The van der Waals surface area contributed by atoms with E-state index in [4.69, 9.17) is 14.7 Å². The number of nitrogens with zero attached hydrogens (tertiary/aromatic N) is 2. The zero-order chi connectivity index (χ0) is 23.0. The molecular formula is C27H26N2O4. The number of benzene rings is 3. The quantitative estimate of drug-likeness (QED) is 0.211. The molecule has 0 amide bonds. The van der Waals surface area contributed by atoms with Crippen molar-refractivity contribution in [2.24, 2.45) is 5.16 Å². The number of carboxylic acids is 1. The van der Waals surface area contributed by atoms with Gasteiger partial charge >= 0.3 is 5.97 Å². The van der Waals surface area contributed by atoms with Crippen LogP contribution >= 0.6 is 0 Å². The number of rotatable bonds is 10. The first-order valence-electron chi connectivity index (χ1n) is 10.8. The summed E-state index contributed by atoms with van der Waals surface area (Å²) >= 11 is 0. The Morgan fingerprint density at radius 1 is 1.00 bits per heavy atom. The second kappa shape index (κ2) is 10.5. The van der Waals surface area contributed by atoms with Crippen LogP contribution in [-0.4, -0.2) is 34.6 Å². The van der Waals surface area contributed by atoms with Crippen molar-refractivity contribution in [3.8, 4) is 5.75 Å². The van der Waals surface area contributed by atoms with Crippen LogP contribution in [0.5, 0.6) is 5.75 Å². The van der Waals surface area contributed by atoms with E-state index in [9.17, 15) is 4.79 Å². The van der Waals surface area contributed by atoms with E-state index in [-0.39, 0.29) is 6.61 Å². The Balaban J connectivity index is 1.46. The van der Waals surface area contributed by atoms with Gasteiger partial charge in [0.05, 0.1) is 12.3 Å². The topological polar surface area (TPSA) is 73.0 Å². The van der Waals surface area contributed by atoms with Gasteiger partial charge in [0.2, 0.25) is 0 Å². The molecule has 0 bridgehead atoms. The molecule has 0 unspecified atom stereocenters. The Morgan fingerprint density at radius 2 is 1.79 bits per heavy atom. The minimum atomic E-state index is -0.998. The predicted molar refractivity (Wildman–Crippen MR) is 129 cm³/mol. The number of aryl methyl sites for hydroxylation is 1. The van der Waals surface area contributed by atoms with Crippen molar-refractivity contribution < 1.29 is 19.5 Å². The van der Waals surface area contributed by atoms with E-state index in [1.807, 2.05) is 61.5 Å². The maximum atomic E-state index is 10.8. The smallest absolute Gasteiger partial charge is 0.341 e. The fraction of sp³-hybridized carbons (Fsp3) is 0.185. The van der Waals surface area contributed by atoms with E-state index in [1.165, 1.54) is 10.9 Å². The molecule has 1 aromatic heterocycles. The zero-order valence-electron chi connectivity index (χ0n) is 18.5. The number of aromatic nitrogens is 1. The molecule has 0 atom stereocenters. The van der Waals surface area contributed by atoms with Crippen LogP contribution in [0.2, 0.25) is 0 Å². The molecule has 0 saturated carbocycles. The van der Waals surface area contributed by atoms with Crippen LogP contribution in [0.25, 0.3) is 10.9 Å². The molecule has 0 aliphatic rings. The Hall–Kier alpha value is -4.06. The number of ether oxygens (including phenoxy) is 1. The highest BCUT2D eigenvalue weighted by Gasteiger charge is 2.09. The molecule has 3 aromatic carbocycles. The van der Waals surface area contributed by atoms with E-state index in [0.717, 1.165) is 22.4 Å². The Bertz CT molecular complexity index is 1260. The predicted octanol–water partition coefficient (Wildman–Crippen LogP) is 5.08. The second-order valence-corrected chi connectivity index (χ2v) is 7.76. The Kier molecular flexibility index (Phi) is 7.05. The number of hydrogen-bond donors (Lipinski definition) is 1. The molecule has 33 heavy (non-hydrogen) atoms. The lowest BCUT2D eigenvalue weighted by molar-refractivity contribution is -0.139. The summed E-state index contributed by atoms with van der Waals surface area (Å²) in [4.78, 5) is 16.5. The minimum Gasteiger partial charge on any atom is -0.482 e. The van der Waals surface area contributed by atoms with Crippen LogP contribution in [0.3, 0.4) is 0 Å². The number of carboxylic acid groups (broad SMARTS) is 1. The summed E-state index contributed by atoms with van der Waals surface area (Å²) in [5, 5.41) is 14.5. The normalized spacial score (nSPS) is 11.5.